The van der Waals surface area contributed by atoms with Crippen molar-refractivity contribution >= 4 is 18.3 Å². The number of carbonyl (C=O) groups excluding carboxylic acids is 1. The molecule has 0 aromatic carbocycles. The highest BCUT2D eigenvalue weighted by Crippen LogP contribution is 2.49. The molecule has 0 radical (unpaired) electrons. The first-order valence-corrected chi connectivity index (χ1v) is 7.83. The zero-order valence-corrected chi connectivity index (χ0v) is 12.5. The molecule has 0 bridgehead atoms. The van der Waals surface area contributed by atoms with Crippen molar-refractivity contribution in [2.24, 2.45) is 23.7 Å². The Labute approximate surface area is 122 Å². The van der Waals surface area contributed by atoms with Crippen LogP contribution < -0.4 is 10.6 Å². The lowest BCUT2D eigenvalue weighted by Crippen LogP contribution is -2.36. The summed E-state index contributed by atoms with van der Waals surface area (Å²) in [4.78, 5) is 12.2. The number of hydrogen-bond donors (Lipinski definition) is 2. The Morgan fingerprint density at radius 2 is 1.84 bits per heavy atom. The van der Waals surface area contributed by atoms with Crippen molar-refractivity contribution in [3.63, 3.8) is 0 Å². The van der Waals surface area contributed by atoms with E-state index in [9.17, 15) is 4.79 Å². The van der Waals surface area contributed by atoms with E-state index in [-0.39, 0.29) is 12.4 Å². The molecule has 0 aromatic heterocycles. The first-order chi connectivity index (χ1) is 8.84. The molecule has 1 amide bonds. The minimum atomic E-state index is 0. The van der Waals surface area contributed by atoms with E-state index in [1.54, 1.807) is 0 Å². The van der Waals surface area contributed by atoms with Gasteiger partial charge in [-0.15, -0.1) is 12.4 Å². The van der Waals surface area contributed by atoms with Crippen LogP contribution in [0.15, 0.2) is 0 Å². The van der Waals surface area contributed by atoms with Crippen LogP contribution in [0, 0.1) is 23.7 Å². The molecule has 4 heteroatoms. The molecule has 1 aliphatic heterocycles. The molecule has 1 heterocycles. The summed E-state index contributed by atoms with van der Waals surface area (Å²) in [5.74, 6) is 2.97. The third kappa shape index (κ3) is 4.35. The van der Waals surface area contributed by atoms with Crippen LogP contribution >= 0.6 is 12.4 Å². The quantitative estimate of drug-likeness (QED) is 0.787. The molecule has 3 fully saturated rings. The minimum Gasteiger partial charge on any atom is -0.356 e. The lowest BCUT2D eigenvalue weighted by molar-refractivity contribution is -0.126. The standard InChI is InChI=1S/C15H26N2O.ClH/c18-15(14(12-3-4-12)13-5-6-13)17-9-7-11-2-1-8-16-10-11;/h11-14,16H,1-10H2,(H,17,18);1H. The van der Waals surface area contributed by atoms with Crippen LogP contribution in [0.1, 0.15) is 44.9 Å². The topological polar surface area (TPSA) is 41.1 Å². The first kappa shape index (κ1) is 15.1. The Kier molecular flexibility index (Phi) is 5.52. The maximum Gasteiger partial charge on any atom is 0.223 e. The molecule has 3 aliphatic rings. The molecule has 3 nitrogen and oxygen atoms in total. The highest BCUT2D eigenvalue weighted by molar-refractivity contribution is 5.85. The molecule has 19 heavy (non-hydrogen) atoms. The van der Waals surface area contributed by atoms with Gasteiger partial charge in [0.25, 0.3) is 0 Å². The summed E-state index contributed by atoms with van der Waals surface area (Å²) in [5.41, 5.74) is 0. The zero-order valence-electron chi connectivity index (χ0n) is 11.7. The summed E-state index contributed by atoms with van der Waals surface area (Å²) in [5, 5.41) is 6.65. The van der Waals surface area contributed by atoms with Gasteiger partial charge < -0.3 is 10.6 Å². The summed E-state index contributed by atoms with van der Waals surface area (Å²) in [6.07, 6.45) is 8.95. The van der Waals surface area contributed by atoms with E-state index < -0.39 is 0 Å². The molecule has 2 saturated carbocycles. The van der Waals surface area contributed by atoms with Gasteiger partial charge >= 0.3 is 0 Å². The van der Waals surface area contributed by atoms with E-state index in [4.69, 9.17) is 0 Å². The third-order valence-corrected chi connectivity index (χ3v) is 4.81. The van der Waals surface area contributed by atoms with Gasteiger partial charge in [0.2, 0.25) is 5.91 Å². The van der Waals surface area contributed by atoms with Crippen LogP contribution in [0.25, 0.3) is 0 Å². The lowest BCUT2D eigenvalue weighted by atomic mass is 9.95. The fourth-order valence-electron chi connectivity index (χ4n) is 3.41. The smallest absolute Gasteiger partial charge is 0.223 e. The monoisotopic (exact) mass is 286 g/mol. The van der Waals surface area contributed by atoms with Gasteiger partial charge in [0.1, 0.15) is 0 Å². The summed E-state index contributed by atoms with van der Waals surface area (Å²) in [6, 6.07) is 0. The van der Waals surface area contributed by atoms with Crippen LogP contribution in [-0.2, 0) is 4.79 Å². The van der Waals surface area contributed by atoms with E-state index in [0.29, 0.717) is 11.8 Å². The Balaban J connectivity index is 0.00000133. The van der Waals surface area contributed by atoms with Crippen molar-refractivity contribution in [3.05, 3.63) is 0 Å². The second-order valence-corrected chi connectivity index (χ2v) is 6.49. The molecule has 0 spiro atoms. The van der Waals surface area contributed by atoms with Gasteiger partial charge in [0, 0.05) is 12.5 Å². The Morgan fingerprint density at radius 3 is 2.37 bits per heavy atom. The van der Waals surface area contributed by atoms with Crippen molar-refractivity contribution in [1.29, 1.82) is 0 Å². The number of halogens is 1. The molecule has 2 N–H and O–H groups in total. The summed E-state index contributed by atoms with van der Waals surface area (Å²) in [6.45, 7) is 3.21. The van der Waals surface area contributed by atoms with Gasteiger partial charge in [-0.3, -0.25) is 4.79 Å². The molecular formula is C15H27ClN2O. The average Bonchev–Trinajstić information content (AvgIpc) is 3.25. The molecule has 110 valence electrons. The summed E-state index contributed by atoms with van der Waals surface area (Å²) < 4.78 is 0. The summed E-state index contributed by atoms with van der Waals surface area (Å²) in [7, 11) is 0. The van der Waals surface area contributed by atoms with Crippen LogP contribution in [0.3, 0.4) is 0 Å². The molecular weight excluding hydrogens is 260 g/mol. The van der Waals surface area contributed by atoms with Crippen LogP contribution in [-0.4, -0.2) is 25.5 Å². The summed E-state index contributed by atoms with van der Waals surface area (Å²) >= 11 is 0. The number of piperidine rings is 1. The van der Waals surface area contributed by atoms with Crippen molar-refractivity contribution in [1.82, 2.24) is 10.6 Å². The first-order valence-electron chi connectivity index (χ1n) is 7.83. The van der Waals surface area contributed by atoms with Crippen LogP contribution in [0.5, 0.6) is 0 Å². The highest BCUT2D eigenvalue weighted by atomic mass is 35.5. The normalized spacial score (nSPS) is 26.9. The van der Waals surface area contributed by atoms with Gasteiger partial charge in [-0.2, -0.15) is 0 Å². The van der Waals surface area contributed by atoms with Crippen molar-refractivity contribution in [3.8, 4) is 0 Å². The van der Waals surface area contributed by atoms with Crippen molar-refractivity contribution in [2.75, 3.05) is 19.6 Å². The minimum absolute atomic E-state index is 0. The third-order valence-electron chi connectivity index (χ3n) is 4.81. The Morgan fingerprint density at radius 1 is 1.16 bits per heavy atom. The zero-order chi connectivity index (χ0) is 12.4. The molecule has 2 aliphatic carbocycles. The van der Waals surface area contributed by atoms with Gasteiger partial charge in [0.15, 0.2) is 0 Å². The number of carbonyl (C=O) groups is 1. The molecule has 3 rings (SSSR count). The number of amides is 1. The van der Waals surface area contributed by atoms with Crippen molar-refractivity contribution in [2.45, 2.75) is 44.9 Å². The fourth-order valence-corrected chi connectivity index (χ4v) is 3.41. The van der Waals surface area contributed by atoms with E-state index in [1.807, 2.05) is 0 Å². The van der Waals surface area contributed by atoms with E-state index >= 15 is 0 Å². The van der Waals surface area contributed by atoms with E-state index in [2.05, 4.69) is 10.6 Å². The predicted molar refractivity (Wildman–Crippen MR) is 79.4 cm³/mol. The number of nitrogens with one attached hydrogen (secondary N) is 2. The second-order valence-electron chi connectivity index (χ2n) is 6.49. The van der Waals surface area contributed by atoms with Gasteiger partial charge in [0.05, 0.1) is 0 Å². The molecule has 1 saturated heterocycles. The lowest BCUT2D eigenvalue weighted by Gasteiger charge is -2.23. The van der Waals surface area contributed by atoms with E-state index in [1.165, 1.54) is 45.1 Å². The second kappa shape index (κ2) is 6.94. The Hall–Kier alpha value is -0.280. The number of rotatable bonds is 6. The Bertz CT molecular complexity index is 285. The fraction of sp³-hybridized carbons (Fsp3) is 0.933. The molecule has 1 atom stereocenters. The SMILES string of the molecule is Cl.O=C(NCCC1CCCNC1)C(C1CC1)C1CC1. The predicted octanol–water partition coefficient (Wildman–Crippen LogP) is 2.35. The van der Waals surface area contributed by atoms with Gasteiger partial charge in [-0.05, 0) is 75.8 Å². The largest absolute Gasteiger partial charge is 0.356 e. The van der Waals surface area contributed by atoms with Gasteiger partial charge in [-0.1, -0.05) is 0 Å². The maximum absolute atomic E-state index is 12.2. The number of hydrogen-bond acceptors (Lipinski definition) is 2. The molecule has 1 unspecified atom stereocenters. The van der Waals surface area contributed by atoms with Crippen molar-refractivity contribution < 1.29 is 4.79 Å². The maximum atomic E-state index is 12.2. The van der Waals surface area contributed by atoms with Gasteiger partial charge in [-0.25, -0.2) is 0 Å². The van der Waals surface area contributed by atoms with Crippen LogP contribution in [0.4, 0.5) is 0 Å². The molecule has 0 aromatic rings. The average molecular weight is 287 g/mol. The highest BCUT2D eigenvalue weighted by Gasteiger charge is 2.45. The van der Waals surface area contributed by atoms with E-state index in [0.717, 1.165) is 37.3 Å². The van der Waals surface area contributed by atoms with Crippen LogP contribution in [0.2, 0.25) is 0 Å².